The molecule has 2 aromatic heterocycles. The van der Waals surface area contributed by atoms with E-state index in [9.17, 15) is 9.59 Å². The van der Waals surface area contributed by atoms with Crippen LogP contribution in [0.2, 0.25) is 0 Å². The first-order valence-electron chi connectivity index (χ1n) is 10.4. The zero-order valence-electron chi connectivity index (χ0n) is 17.9. The van der Waals surface area contributed by atoms with E-state index in [0.717, 1.165) is 35.0 Å². The summed E-state index contributed by atoms with van der Waals surface area (Å²) in [6, 6.07) is 13.4. The first-order chi connectivity index (χ1) is 15.0. The zero-order valence-corrected chi connectivity index (χ0v) is 18.7. The normalized spacial score (nSPS) is 11.3. The monoisotopic (exact) mass is 435 g/mol. The fourth-order valence-corrected chi connectivity index (χ4v) is 4.47. The fourth-order valence-electron chi connectivity index (χ4n) is 3.65. The molecule has 0 saturated heterocycles. The van der Waals surface area contributed by atoms with Gasteiger partial charge in [0.2, 0.25) is 11.5 Å². The minimum absolute atomic E-state index is 0.136. The summed E-state index contributed by atoms with van der Waals surface area (Å²) in [6.07, 6.45) is 1.79. The maximum Gasteiger partial charge on any atom is 0.297 e. The highest BCUT2D eigenvalue weighted by molar-refractivity contribution is 7.99. The van der Waals surface area contributed by atoms with Crippen LogP contribution in [-0.4, -0.2) is 21.2 Å². The van der Waals surface area contributed by atoms with Gasteiger partial charge in [0.05, 0.1) is 5.75 Å². The van der Waals surface area contributed by atoms with Crippen LogP contribution in [0.25, 0.3) is 22.1 Å². The summed E-state index contributed by atoms with van der Waals surface area (Å²) in [5.74, 6) is 0.0239. The van der Waals surface area contributed by atoms with Crippen LogP contribution < -0.4 is 10.9 Å². The number of carbonyl (C=O) groups excluding carboxylic acids is 1. The van der Waals surface area contributed by atoms with Crippen LogP contribution in [0.5, 0.6) is 0 Å². The van der Waals surface area contributed by atoms with Gasteiger partial charge in [0, 0.05) is 17.6 Å². The second-order valence-electron chi connectivity index (χ2n) is 7.69. The quantitative estimate of drug-likeness (QED) is 0.315. The fraction of sp³-hybridized carbons (Fsp3) is 0.292. The number of carbonyl (C=O) groups is 1. The van der Waals surface area contributed by atoms with E-state index in [0.29, 0.717) is 22.8 Å². The number of aryl methyl sites for hydroxylation is 2. The van der Waals surface area contributed by atoms with E-state index in [2.05, 4.69) is 18.3 Å². The highest BCUT2D eigenvalue weighted by Crippen LogP contribution is 2.27. The number of unbranched alkanes of at least 4 members (excludes halogenated alkanes) is 1. The summed E-state index contributed by atoms with van der Waals surface area (Å²) in [6.45, 7) is 6.61. The maximum absolute atomic E-state index is 13.2. The molecule has 0 aliphatic carbocycles. The lowest BCUT2D eigenvalue weighted by molar-refractivity contribution is -0.113. The van der Waals surface area contributed by atoms with E-state index in [-0.39, 0.29) is 22.8 Å². The van der Waals surface area contributed by atoms with Crippen molar-refractivity contribution in [2.75, 3.05) is 11.1 Å². The number of fused-ring (bicyclic) bond motifs is 3. The largest absolute Gasteiger partial charge is 0.448 e. The molecule has 0 bridgehead atoms. The summed E-state index contributed by atoms with van der Waals surface area (Å²) in [5, 5.41) is 4.28. The molecule has 4 rings (SSSR count). The molecule has 1 N–H and O–H groups in total. The summed E-state index contributed by atoms with van der Waals surface area (Å²) in [5.41, 5.74) is 4.21. The van der Waals surface area contributed by atoms with Gasteiger partial charge in [-0.3, -0.25) is 14.2 Å². The van der Waals surface area contributed by atoms with Gasteiger partial charge in [-0.15, -0.1) is 0 Å². The second kappa shape index (κ2) is 8.98. The molecule has 0 unspecified atom stereocenters. The maximum atomic E-state index is 13.2. The minimum Gasteiger partial charge on any atom is -0.448 e. The molecule has 0 radical (unpaired) electrons. The Labute approximate surface area is 184 Å². The number of thioether (sulfide) groups is 1. The lowest BCUT2D eigenvalue weighted by atomic mass is 10.1. The van der Waals surface area contributed by atoms with Gasteiger partial charge < -0.3 is 9.73 Å². The third-order valence-corrected chi connectivity index (χ3v) is 6.00. The number of aromatic nitrogens is 2. The Morgan fingerprint density at radius 1 is 1.16 bits per heavy atom. The number of furan rings is 1. The number of amides is 1. The summed E-state index contributed by atoms with van der Waals surface area (Å²) in [7, 11) is 0. The number of nitrogens with zero attached hydrogens (tertiary/aromatic N) is 2. The highest BCUT2D eigenvalue weighted by atomic mass is 32.2. The Morgan fingerprint density at radius 2 is 1.90 bits per heavy atom. The van der Waals surface area contributed by atoms with E-state index in [1.807, 2.05) is 50.2 Å². The van der Waals surface area contributed by atoms with E-state index in [4.69, 9.17) is 9.40 Å². The topological polar surface area (TPSA) is 77.1 Å². The van der Waals surface area contributed by atoms with Gasteiger partial charge >= 0.3 is 0 Å². The molecule has 7 heteroatoms. The Bertz CT molecular complexity index is 1300. The lowest BCUT2D eigenvalue weighted by Gasteiger charge is -2.11. The highest BCUT2D eigenvalue weighted by Gasteiger charge is 2.18. The van der Waals surface area contributed by atoms with Crippen molar-refractivity contribution >= 4 is 45.4 Å². The number of anilines is 1. The molecule has 0 atom stereocenters. The van der Waals surface area contributed by atoms with Gasteiger partial charge in [-0.05, 0) is 55.7 Å². The van der Waals surface area contributed by atoms with Crippen molar-refractivity contribution < 1.29 is 9.21 Å². The summed E-state index contributed by atoms with van der Waals surface area (Å²) >= 11 is 1.27. The minimum atomic E-state index is -0.202. The first kappa shape index (κ1) is 21.2. The summed E-state index contributed by atoms with van der Waals surface area (Å²) in [4.78, 5) is 30.5. The van der Waals surface area contributed by atoms with Crippen LogP contribution in [0, 0.1) is 13.8 Å². The van der Waals surface area contributed by atoms with Gasteiger partial charge in [-0.2, -0.15) is 0 Å². The Hall–Kier alpha value is -3.06. The lowest BCUT2D eigenvalue weighted by Crippen LogP contribution is -2.24. The molecular formula is C24H25N3O3S. The van der Waals surface area contributed by atoms with Gasteiger partial charge in [-0.1, -0.05) is 43.3 Å². The van der Waals surface area contributed by atoms with Crippen molar-refractivity contribution in [3.63, 3.8) is 0 Å². The SMILES string of the molecule is CCCCn1c(SCC(=O)Nc2cc(C)cc(C)c2)nc2c(oc3ccccc32)c1=O. The average Bonchev–Trinajstić information content (AvgIpc) is 3.10. The smallest absolute Gasteiger partial charge is 0.297 e. The molecule has 1 amide bonds. The second-order valence-corrected chi connectivity index (χ2v) is 8.64. The van der Waals surface area contributed by atoms with Crippen LogP contribution in [0.15, 0.2) is 56.8 Å². The molecule has 4 aromatic rings. The van der Waals surface area contributed by atoms with Crippen molar-refractivity contribution in [1.82, 2.24) is 9.55 Å². The van der Waals surface area contributed by atoms with Crippen LogP contribution in [0.3, 0.4) is 0 Å². The molecule has 0 aliphatic rings. The molecular weight excluding hydrogens is 410 g/mol. The van der Waals surface area contributed by atoms with Crippen molar-refractivity contribution in [1.29, 1.82) is 0 Å². The van der Waals surface area contributed by atoms with Crippen molar-refractivity contribution in [2.45, 2.75) is 45.3 Å². The van der Waals surface area contributed by atoms with Gasteiger partial charge in [0.1, 0.15) is 11.1 Å². The third kappa shape index (κ3) is 4.51. The van der Waals surface area contributed by atoms with Crippen LogP contribution in [-0.2, 0) is 11.3 Å². The van der Waals surface area contributed by atoms with Crippen molar-refractivity contribution in [3.8, 4) is 0 Å². The number of hydrogen-bond donors (Lipinski definition) is 1. The number of benzene rings is 2. The van der Waals surface area contributed by atoms with E-state index < -0.39 is 0 Å². The van der Waals surface area contributed by atoms with Gasteiger partial charge in [-0.25, -0.2) is 4.98 Å². The number of rotatable bonds is 7. The predicted octanol–water partition coefficient (Wildman–Crippen LogP) is 5.29. The first-order valence-corrected chi connectivity index (χ1v) is 11.4. The van der Waals surface area contributed by atoms with Crippen LogP contribution >= 0.6 is 11.8 Å². The molecule has 6 nitrogen and oxygen atoms in total. The van der Waals surface area contributed by atoms with Crippen LogP contribution in [0.4, 0.5) is 5.69 Å². The molecule has 2 heterocycles. The Kier molecular flexibility index (Phi) is 6.13. The molecule has 0 spiro atoms. The zero-order chi connectivity index (χ0) is 22.0. The molecule has 31 heavy (non-hydrogen) atoms. The Morgan fingerprint density at radius 3 is 2.65 bits per heavy atom. The molecule has 0 aliphatic heterocycles. The average molecular weight is 436 g/mol. The van der Waals surface area contributed by atoms with E-state index >= 15 is 0 Å². The van der Waals surface area contributed by atoms with E-state index in [1.165, 1.54) is 11.8 Å². The number of para-hydroxylation sites is 1. The Balaban J connectivity index is 1.64. The molecule has 0 saturated carbocycles. The molecule has 2 aromatic carbocycles. The predicted molar refractivity (Wildman–Crippen MR) is 126 cm³/mol. The summed E-state index contributed by atoms with van der Waals surface area (Å²) < 4.78 is 7.43. The van der Waals surface area contributed by atoms with Gasteiger partial charge in [0.15, 0.2) is 5.16 Å². The molecule has 160 valence electrons. The van der Waals surface area contributed by atoms with Crippen molar-refractivity contribution in [3.05, 3.63) is 63.9 Å². The number of nitrogens with one attached hydrogen (secondary N) is 1. The van der Waals surface area contributed by atoms with Crippen molar-refractivity contribution in [2.24, 2.45) is 0 Å². The molecule has 0 fully saturated rings. The van der Waals surface area contributed by atoms with Gasteiger partial charge in [0.25, 0.3) is 5.56 Å². The third-order valence-electron chi connectivity index (χ3n) is 5.02. The van der Waals surface area contributed by atoms with E-state index in [1.54, 1.807) is 4.57 Å². The standard InChI is InChI=1S/C24H25N3O3S/c1-4-5-10-27-23(29)22-21(18-8-6-7-9-19(18)30-22)26-24(27)31-14-20(28)25-17-12-15(2)11-16(3)13-17/h6-9,11-13H,4-5,10,14H2,1-3H3,(H,25,28). The van der Waals surface area contributed by atoms with Crippen LogP contribution in [0.1, 0.15) is 30.9 Å². The number of hydrogen-bond acceptors (Lipinski definition) is 5.